The summed E-state index contributed by atoms with van der Waals surface area (Å²) in [6.07, 6.45) is 3.50. The molecule has 6 nitrogen and oxygen atoms in total. The SMILES string of the molecule is NCOC(=O)[C@@H](N)Cc1cnc[nH]1. The van der Waals surface area contributed by atoms with Crippen molar-refractivity contribution in [3.63, 3.8) is 0 Å². The summed E-state index contributed by atoms with van der Waals surface area (Å²) in [4.78, 5) is 17.6. The van der Waals surface area contributed by atoms with E-state index in [1.54, 1.807) is 6.20 Å². The van der Waals surface area contributed by atoms with Crippen molar-refractivity contribution in [2.75, 3.05) is 6.73 Å². The summed E-state index contributed by atoms with van der Waals surface area (Å²) in [5.41, 5.74) is 11.3. The lowest BCUT2D eigenvalue weighted by atomic mass is 10.2. The van der Waals surface area contributed by atoms with Crippen molar-refractivity contribution < 1.29 is 9.53 Å². The zero-order valence-corrected chi connectivity index (χ0v) is 7.06. The van der Waals surface area contributed by atoms with E-state index in [1.165, 1.54) is 6.33 Å². The van der Waals surface area contributed by atoms with E-state index in [0.717, 1.165) is 5.69 Å². The molecule has 13 heavy (non-hydrogen) atoms. The number of ether oxygens (including phenoxy) is 1. The van der Waals surface area contributed by atoms with Crippen LogP contribution in [0.5, 0.6) is 0 Å². The number of esters is 1. The number of nitrogens with two attached hydrogens (primary N) is 2. The summed E-state index contributed by atoms with van der Waals surface area (Å²) < 4.78 is 4.53. The fourth-order valence-electron chi connectivity index (χ4n) is 0.906. The van der Waals surface area contributed by atoms with E-state index in [0.29, 0.717) is 6.42 Å². The average molecular weight is 184 g/mol. The maximum Gasteiger partial charge on any atom is 0.324 e. The molecule has 0 aromatic carbocycles. The van der Waals surface area contributed by atoms with Crippen LogP contribution in [0.4, 0.5) is 0 Å². The van der Waals surface area contributed by atoms with E-state index in [-0.39, 0.29) is 6.73 Å². The van der Waals surface area contributed by atoms with Gasteiger partial charge in [-0.3, -0.25) is 10.5 Å². The molecule has 1 atom stereocenters. The van der Waals surface area contributed by atoms with E-state index in [4.69, 9.17) is 11.5 Å². The lowest BCUT2D eigenvalue weighted by molar-refractivity contribution is -0.144. The van der Waals surface area contributed by atoms with Crippen molar-refractivity contribution in [2.24, 2.45) is 11.5 Å². The van der Waals surface area contributed by atoms with Gasteiger partial charge in [0.05, 0.1) is 6.33 Å². The number of imidazole rings is 1. The van der Waals surface area contributed by atoms with Gasteiger partial charge in [0.2, 0.25) is 0 Å². The largest absolute Gasteiger partial charge is 0.449 e. The molecule has 0 spiro atoms. The fourth-order valence-corrected chi connectivity index (χ4v) is 0.906. The number of hydrogen-bond donors (Lipinski definition) is 3. The van der Waals surface area contributed by atoms with Gasteiger partial charge in [-0.1, -0.05) is 0 Å². The van der Waals surface area contributed by atoms with Gasteiger partial charge in [-0.15, -0.1) is 0 Å². The van der Waals surface area contributed by atoms with Crippen molar-refractivity contribution in [3.05, 3.63) is 18.2 Å². The lowest BCUT2D eigenvalue weighted by Crippen LogP contribution is -2.35. The highest BCUT2D eigenvalue weighted by atomic mass is 16.5. The molecule has 0 saturated carbocycles. The Kier molecular flexibility index (Phi) is 3.41. The normalized spacial score (nSPS) is 12.5. The number of aromatic nitrogens is 2. The first-order valence-corrected chi connectivity index (χ1v) is 3.83. The molecule has 0 aliphatic heterocycles. The van der Waals surface area contributed by atoms with Gasteiger partial charge in [0.15, 0.2) is 0 Å². The second kappa shape index (κ2) is 4.58. The van der Waals surface area contributed by atoms with Crippen LogP contribution in [0.15, 0.2) is 12.5 Å². The molecule has 0 bridgehead atoms. The summed E-state index contributed by atoms with van der Waals surface area (Å²) >= 11 is 0. The van der Waals surface area contributed by atoms with Crippen LogP contribution in [0.2, 0.25) is 0 Å². The van der Waals surface area contributed by atoms with Gasteiger partial charge in [-0.05, 0) is 0 Å². The minimum atomic E-state index is -0.691. The first-order chi connectivity index (χ1) is 6.24. The van der Waals surface area contributed by atoms with Gasteiger partial charge in [0.25, 0.3) is 0 Å². The van der Waals surface area contributed by atoms with Gasteiger partial charge in [0.1, 0.15) is 12.8 Å². The average Bonchev–Trinajstić information content (AvgIpc) is 2.57. The number of hydrogen-bond acceptors (Lipinski definition) is 5. The molecule has 0 aliphatic carbocycles. The number of rotatable bonds is 4. The highest BCUT2D eigenvalue weighted by molar-refractivity contribution is 5.75. The zero-order valence-electron chi connectivity index (χ0n) is 7.06. The van der Waals surface area contributed by atoms with Gasteiger partial charge < -0.3 is 15.5 Å². The monoisotopic (exact) mass is 184 g/mol. The number of H-pyrrole nitrogens is 1. The molecule has 6 heteroatoms. The fraction of sp³-hybridized carbons (Fsp3) is 0.429. The topological polar surface area (TPSA) is 107 Å². The Balaban J connectivity index is 2.41. The molecule has 0 amide bonds. The number of nitrogens with one attached hydrogen (secondary N) is 1. The molecular weight excluding hydrogens is 172 g/mol. The highest BCUT2D eigenvalue weighted by Crippen LogP contribution is 1.97. The first-order valence-electron chi connectivity index (χ1n) is 3.83. The van der Waals surface area contributed by atoms with E-state index >= 15 is 0 Å². The number of carbonyl (C=O) groups is 1. The standard InChI is InChI=1S/C7H12N4O2/c8-3-13-7(12)6(9)1-5-2-10-4-11-5/h2,4,6H,1,3,8-9H2,(H,10,11)/t6-/m0/s1. The van der Waals surface area contributed by atoms with Crippen molar-refractivity contribution >= 4 is 5.97 Å². The molecule has 1 aromatic rings. The molecule has 1 rings (SSSR count). The minimum absolute atomic E-state index is 0.143. The van der Waals surface area contributed by atoms with Crippen LogP contribution in [0.25, 0.3) is 0 Å². The Morgan fingerprint density at radius 1 is 1.77 bits per heavy atom. The van der Waals surface area contributed by atoms with Gasteiger partial charge in [0, 0.05) is 18.3 Å². The highest BCUT2D eigenvalue weighted by Gasteiger charge is 2.15. The molecule has 1 heterocycles. The predicted octanol–water partition coefficient (Wildman–Crippen LogP) is -1.26. The van der Waals surface area contributed by atoms with Crippen molar-refractivity contribution in [3.8, 4) is 0 Å². The molecule has 1 aromatic heterocycles. The zero-order chi connectivity index (χ0) is 9.68. The summed E-state index contributed by atoms with van der Waals surface area (Å²) in [7, 11) is 0. The molecular formula is C7H12N4O2. The van der Waals surface area contributed by atoms with E-state index < -0.39 is 12.0 Å². The molecule has 0 saturated heterocycles. The Labute approximate surface area is 75.3 Å². The quantitative estimate of drug-likeness (QED) is 0.400. The third kappa shape index (κ3) is 2.85. The van der Waals surface area contributed by atoms with Crippen LogP contribution < -0.4 is 11.5 Å². The van der Waals surface area contributed by atoms with Crippen LogP contribution in [0.1, 0.15) is 5.69 Å². The van der Waals surface area contributed by atoms with Crippen LogP contribution in [0.3, 0.4) is 0 Å². The number of aromatic amines is 1. The summed E-state index contributed by atoms with van der Waals surface area (Å²) in [5, 5.41) is 0. The van der Waals surface area contributed by atoms with Gasteiger partial charge in [-0.25, -0.2) is 4.98 Å². The molecule has 0 aliphatic rings. The molecule has 0 fully saturated rings. The van der Waals surface area contributed by atoms with Gasteiger partial charge in [-0.2, -0.15) is 0 Å². The van der Waals surface area contributed by atoms with Crippen LogP contribution in [-0.4, -0.2) is 28.7 Å². The second-order valence-electron chi connectivity index (χ2n) is 2.52. The van der Waals surface area contributed by atoms with Crippen molar-refractivity contribution in [1.29, 1.82) is 0 Å². The molecule has 0 radical (unpaired) electrons. The third-order valence-corrected chi connectivity index (χ3v) is 1.52. The van der Waals surface area contributed by atoms with Crippen LogP contribution >= 0.6 is 0 Å². The Morgan fingerprint density at radius 2 is 2.54 bits per heavy atom. The Bertz CT molecular complexity index is 259. The lowest BCUT2D eigenvalue weighted by Gasteiger charge is -2.08. The molecule has 5 N–H and O–H groups in total. The van der Waals surface area contributed by atoms with E-state index in [2.05, 4.69) is 14.7 Å². The second-order valence-corrected chi connectivity index (χ2v) is 2.52. The maximum atomic E-state index is 11.0. The number of nitrogens with zero attached hydrogens (tertiary/aromatic N) is 1. The first kappa shape index (κ1) is 9.69. The van der Waals surface area contributed by atoms with Crippen LogP contribution in [-0.2, 0) is 16.0 Å². The van der Waals surface area contributed by atoms with E-state index in [1.807, 2.05) is 0 Å². The Morgan fingerprint density at radius 3 is 3.08 bits per heavy atom. The van der Waals surface area contributed by atoms with E-state index in [9.17, 15) is 4.79 Å². The molecule has 72 valence electrons. The summed E-state index contributed by atoms with van der Waals surface area (Å²) in [5.74, 6) is -0.503. The summed E-state index contributed by atoms with van der Waals surface area (Å²) in [6, 6.07) is -0.691. The smallest absolute Gasteiger partial charge is 0.324 e. The summed E-state index contributed by atoms with van der Waals surface area (Å²) in [6.45, 7) is -0.143. The van der Waals surface area contributed by atoms with Crippen molar-refractivity contribution in [1.82, 2.24) is 9.97 Å². The third-order valence-electron chi connectivity index (χ3n) is 1.52. The Hall–Kier alpha value is -1.40. The minimum Gasteiger partial charge on any atom is -0.449 e. The number of carbonyl (C=O) groups excluding carboxylic acids is 1. The van der Waals surface area contributed by atoms with Crippen molar-refractivity contribution in [2.45, 2.75) is 12.5 Å². The predicted molar refractivity (Wildman–Crippen MR) is 45.4 cm³/mol. The maximum absolute atomic E-state index is 11.0. The molecule has 0 unspecified atom stereocenters. The van der Waals surface area contributed by atoms with Gasteiger partial charge >= 0.3 is 5.97 Å². The van der Waals surface area contributed by atoms with Crippen LogP contribution in [0, 0.1) is 0 Å².